The Morgan fingerprint density at radius 2 is 0.814 bits per heavy atom. The van der Waals surface area contributed by atoms with Crippen molar-refractivity contribution < 1.29 is 19.2 Å². The number of piperidine rings is 1. The Morgan fingerprint density at radius 1 is 0.398 bits per heavy atom. The molecule has 2 fully saturated rings. The minimum atomic E-state index is -0.108. The summed E-state index contributed by atoms with van der Waals surface area (Å²) in [6.45, 7) is 12.9. The molecule has 4 amide bonds. The summed E-state index contributed by atoms with van der Waals surface area (Å²) >= 11 is 0. The Kier molecular flexibility index (Phi) is 29.1. The minimum absolute atomic E-state index is 0.0360. The van der Waals surface area contributed by atoms with Gasteiger partial charge in [0, 0.05) is 179 Å². The van der Waals surface area contributed by atoms with Gasteiger partial charge in [-0.3, -0.25) is 19.2 Å². The van der Waals surface area contributed by atoms with Crippen molar-refractivity contribution >= 4 is 89.6 Å². The lowest BCUT2D eigenvalue weighted by Crippen LogP contribution is -2.43. The second-order valence-corrected chi connectivity index (χ2v) is 31.2. The molecule has 113 heavy (non-hydrogen) atoms. The van der Waals surface area contributed by atoms with E-state index in [9.17, 15) is 19.2 Å². The zero-order valence-corrected chi connectivity index (χ0v) is 67.4. The number of H-pyrrole nitrogens is 1. The van der Waals surface area contributed by atoms with Crippen molar-refractivity contribution in [3.63, 3.8) is 0 Å². The zero-order valence-electron chi connectivity index (χ0n) is 67.4. The van der Waals surface area contributed by atoms with Crippen molar-refractivity contribution in [1.82, 2.24) is 63.3 Å². The van der Waals surface area contributed by atoms with Gasteiger partial charge in [-0.15, -0.1) is 0 Å². The second-order valence-electron chi connectivity index (χ2n) is 31.2. The van der Waals surface area contributed by atoms with Crippen LogP contribution in [0.25, 0.3) is 54.5 Å². The Bertz CT molecular complexity index is 5150. The van der Waals surface area contributed by atoms with E-state index in [4.69, 9.17) is 0 Å². The molecule has 2 aliphatic heterocycles. The molecule has 0 spiro atoms. The normalized spacial score (nSPS) is 13.8. The van der Waals surface area contributed by atoms with Gasteiger partial charge in [0.2, 0.25) is 5.91 Å². The van der Waals surface area contributed by atoms with Crippen LogP contribution in [0.1, 0.15) is 92.7 Å². The summed E-state index contributed by atoms with van der Waals surface area (Å²) in [5.74, 6) is 0.945. The number of likely N-dealkylation sites (tertiary alicyclic amines) is 2. The third kappa shape index (κ3) is 23.5. The maximum atomic E-state index is 13.1. The first kappa shape index (κ1) is 81.4. The fraction of sp³-hybridized carbons (Fsp3) is 0.340. The smallest absolute Gasteiger partial charge is 0.256 e. The van der Waals surface area contributed by atoms with Gasteiger partial charge in [0.25, 0.3) is 17.7 Å². The first-order valence-corrected chi connectivity index (χ1v) is 40.2. The van der Waals surface area contributed by atoms with Crippen LogP contribution in [-0.4, -0.2) is 197 Å². The molecule has 0 saturated carbocycles. The number of aryl methyl sites for hydroxylation is 4. The number of aromatic amines is 1. The first-order chi connectivity index (χ1) is 54.9. The predicted molar refractivity (Wildman–Crippen MR) is 465 cm³/mol. The standard InChI is InChI=1S/C26H34N4O.C25H32N4O.C22H24N4O.C21H25N3O/c1-28(2)14-6-15-29-16-11-22-20-24(9-10-25(22)29)27-23-12-17-30(18-13-23)26(31)19-21-7-4-3-5-8-21;1-27(2)13-6-14-28-15-11-21-17-22(9-10-24(21)28)25(30)29-16-12-23(19-29)26-18-20-7-4-3-5-8-20;1-25(2)11-5-12-26-13-10-17-14-18(8-9-20(17)26)22(27)24-21-15-16-6-3-4-7-19(16)23-21;1-23(2)12-6-13-24-14-11-18-15-19(9-10-20(18)24)21(25)22-16-17-7-4-3-5-8-17/h3-5,7-11,16,20,23,27H,6,12-15,17-19H2,1-2H3;3-5,7-11,15,17,23,26H,6,12-14,16,18-19H2,1-2H3;3-4,6-10,13-15,23H,5,11-12H2,1-2H3,(H,24,27);3-5,7-11,14-15H,6,12-13,16H2,1-2H3,(H,22,25). The Labute approximate surface area is 667 Å². The number of hydrogen-bond donors (Lipinski definition) is 5. The van der Waals surface area contributed by atoms with Crippen LogP contribution in [-0.2, 0) is 50.5 Å². The first-order valence-electron chi connectivity index (χ1n) is 40.2. The van der Waals surface area contributed by atoms with E-state index in [1.807, 2.05) is 155 Å². The molecule has 13 aromatic rings. The van der Waals surface area contributed by atoms with E-state index in [1.54, 1.807) is 0 Å². The highest BCUT2D eigenvalue weighted by Gasteiger charge is 2.28. The molecule has 0 radical (unpaired) electrons. The van der Waals surface area contributed by atoms with Crippen LogP contribution in [0.5, 0.6) is 0 Å². The molecule has 19 nitrogen and oxygen atoms in total. The fourth-order valence-electron chi connectivity index (χ4n) is 15.1. The number of benzene rings is 8. The lowest BCUT2D eigenvalue weighted by atomic mass is 10.0. The summed E-state index contributed by atoms with van der Waals surface area (Å²) < 4.78 is 9.13. The molecule has 2 saturated heterocycles. The maximum absolute atomic E-state index is 13.1. The average Bonchev–Trinajstić information content (AvgIpc) is 1.70. The van der Waals surface area contributed by atoms with Crippen molar-refractivity contribution in [3.05, 3.63) is 277 Å². The predicted octanol–water partition coefficient (Wildman–Crippen LogP) is 15.7. The number of carbonyl (C=O) groups excluding carboxylic acids is 4. The molecular formula is C94H115N15O4. The van der Waals surface area contributed by atoms with E-state index in [-0.39, 0.29) is 23.6 Å². The van der Waals surface area contributed by atoms with Gasteiger partial charge in [0.15, 0.2) is 0 Å². The molecule has 0 bridgehead atoms. The van der Waals surface area contributed by atoms with Crippen molar-refractivity contribution in [2.24, 2.45) is 0 Å². The summed E-state index contributed by atoms with van der Waals surface area (Å²) in [7, 11) is 16.8. The SMILES string of the molecule is CN(C)CCCn1ccc2cc(C(=O)N3CCC(NCc4ccccc4)C3)ccc21.CN(C)CCCn1ccc2cc(C(=O)NCc3ccccc3)ccc21.CN(C)CCCn1ccc2cc(C(=O)Nc3cc4ccccc4[nH]3)ccc21.CN(C)CCCn1ccc2cc(NC3CCN(C(=O)Cc4ccccc4)CC3)ccc21. The molecule has 2 aliphatic rings. The summed E-state index contributed by atoms with van der Waals surface area (Å²) in [6, 6.07) is 74.2. The molecule has 15 rings (SSSR count). The van der Waals surface area contributed by atoms with Gasteiger partial charge in [-0.2, -0.15) is 0 Å². The Hall–Kier alpha value is -11.1. The highest BCUT2D eigenvalue weighted by Crippen LogP contribution is 2.27. The van der Waals surface area contributed by atoms with Gasteiger partial charge < -0.3 is 73.9 Å². The maximum Gasteiger partial charge on any atom is 0.256 e. The van der Waals surface area contributed by atoms with Gasteiger partial charge in [0.05, 0.1) is 6.42 Å². The lowest BCUT2D eigenvalue weighted by Gasteiger charge is -2.33. The second kappa shape index (κ2) is 40.4. The van der Waals surface area contributed by atoms with E-state index in [0.29, 0.717) is 42.0 Å². The van der Waals surface area contributed by atoms with Crippen molar-refractivity contribution in [2.75, 3.05) is 119 Å². The lowest BCUT2D eigenvalue weighted by molar-refractivity contribution is -0.131. The van der Waals surface area contributed by atoms with Gasteiger partial charge in [-0.25, -0.2) is 0 Å². The van der Waals surface area contributed by atoms with Gasteiger partial charge in [-0.1, -0.05) is 109 Å². The number of carbonyl (C=O) groups is 4. The Balaban J connectivity index is 0.000000140. The van der Waals surface area contributed by atoms with E-state index in [1.165, 1.54) is 33.2 Å². The quantitative estimate of drug-likeness (QED) is 0.0304. The molecule has 5 N–H and O–H groups in total. The zero-order chi connectivity index (χ0) is 79.0. The number of para-hydroxylation sites is 1. The summed E-state index contributed by atoms with van der Waals surface area (Å²) in [5, 5.41) is 18.9. The van der Waals surface area contributed by atoms with Gasteiger partial charge in [-0.05, 0) is 253 Å². The molecule has 7 heterocycles. The van der Waals surface area contributed by atoms with E-state index in [2.05, 4.69) is 218 Å². The third-order valence-electron chi connectivity index (χ3n) is 21.3. The fourth-order valence-corrected chi connectivity index (χ4v) is 15.1. The summed E-state index contributed by atoms with van der Waals surface area (Å²) in [6.07, 6.45) is 16.5. The Morgan fingerprint density at radius 3 is 1.31 bits per heavy atom. The number of amides is 4. The highest BCUT2D eigenvalue weighted by molar-refractivity contribution is 6.07. The molecule has 590 valence electrons. The third-order valence-corrected chi connectivity index (χ3v) is 21.3. The molecule has 5 aromatic heterocycles. The summed E-state index contributed by atoms with van der Waals surface area (Å²) in [4.78, 5) is 66.7. The van der Waals surface area contributed by atoms with Crippen LogP contribution >= 0.6 is 0 Å². The molecule has 8 aromatic carbocycles. The molecule has 1 atom stereocenters. The van der Waals surface area contributed by atoms with E-state index < -0.39 is 0 Å². The van der Waals surface area contributed by atoms with Crippen molar-refractivity contribution in [1.29, 1.82) is 0 Å². The molecular weight excluding hydrogens is 1400 g/mol. The molecule has 19 heteroatoms. The minimum Gasteiger partial charge on any atom is -0.382 e. The number of fused-ring (bicyclic) bond motifs is 5. The van der Waals surface area contributed by atoms with E-state index >= 15 is 0 Å². The highest BCUT2D eigenvalue weighted by atomic mass is 16.2. The topological polar surface area (TPSA) is 171 Å². The number of hydrogen-bond acceptors (Lipinski definition) is 10. The van der Waals surface area contributed by atoms with Crippen LogP contribution in [0.15, 0.2) is 243 Å². The number of nitrogens with zero attached hydrogens (tertiary/aromatic N) is 10. The van der Waals surface area contributed by atoms with Gasteiger partial charge in [0.1, 0.15) is 5.82 Å². The summed E-state index contributed by atoms with van der Waals surface area (Å²) in [5.41, 5.74) is 12.7. The van der Waals surface area contributed by atoms with Gasteiger partial charge >= 0.3 is 0 Å². The van der Waals surface area contributed by atoms with Crippen molar-refractivity contribution in [3.8, 4) is 0 Å². The molecule has 0 aliphatic carbocycles. The number of nitrogens with one attached hydrogen (secondary N) is 5. The number of aromatic nitrogens is 5. The average molecular weight is 1520 g/mol. The number of rotatable bonds is 29. The van der Waals surface area contributed by atoms with E-state index in [0.717, 1.165) is 179 Å². The van der Waals surface area contributed by atoms with Crippen LogP contribution in [0.4, 0.5) is 11.5 Å². The monoisotopic (exact) mass is 1520 g/mol. The van der Waals surface area contributed by atoms with Crippen LogP contribution in [0.2, 0.25) is 0 Å². The van der Waals surface area contributed by atoms with Crippen LogP contribution in [0.3, 0.4) is 0 Å². The molecule has 1 unspecified atom stereocenters. The van der Waals surface area contributed by atoms with Crippen molar-refractivity contribution in [2.45, 2.75) is 103 Å². The van der Waals surface area contributed by atoms with Crippen LogP contribution < -0.4 is 21.3 Å². The largest absolute Gasteiger partial charge is 0.382 e. The number of anilines is 2. The van der Waals surface area contributed by atoms with Crippen LogP contribution in [0, 0.1) is 0 Å².